The second kappa shape index (κ2) is 5.61. The predicted octanol–water partition coefficient (Wildman–Crippen LogP) is 0.0551. The van der Waals surface area contributed by atoms with Crippen molar-refractivity contribution in [3.63, 3.8) is 0 Å². The summed E-state index contributed by atoms with van der Waals surface area (Å²) in [6.07, 6.45) is 1.15. The molecule has 0 aliphatic carbocycles. The molecule has 2 atom stereocenters. The molecular weight excluding hydrogens is 268 g/mol. The first-order chi connectivity index (χ1) is 10.0. The van der Waals surface area contributed by atoms with Gasteiger partial charge in [0.1, 0.15) is 5.69 Å². The van der Waals surface area contributed by atoms with Gasteiger partial charge < -0.3 is 20.1 Å². The molecule has 0 spiro atoms. The molecule has 21 heavy (non-hydrogen) atoms. The predicted molar refractivity (Wildman–Crippen MR) is 81.6 cm³/mol. The van der Waals surface area contributed by atoms with Gasteiger partial charge in [0.15, 0.2) is 0 Å². The number of nitrogens with one attached hydrogen (secondary N) is 2. The Kier molecular flexibility index (Phi) is 3.82. The van der Waals surface area contributed by atoms with Crippen LogP contribution < -0.4 is 16.2 Å². The minimum Gasteiger partial charge on any atom is -0.320 e. The quantitative estimate of drug-likeness (QED) is 0.826. The summed E-state index contributed by atoms with van der Waals surface area (Å²) in [5, 5.41) is 6.15. The molecule has 1 saturated heterocycles. The van der Waals surface area contributed by atoms with Gasteiger partial charge in [-0.25, -0.2) is 0 Å². The SMILES string of the molecule is CN(C)CC(=O)Nc1ccc2n(c1=O)C[C@H]1CNC[C@H]2C1. The molecule has 3 heterocycles. The smallest absolute Gasteiger partial charge is 0.274 e. The zero-order valence-corrected chi connectivity index (χ0v) is 12.6. The third-order valence-electron chi connectivity index (χ3n) is 4.24. The van der Waals surface area contributed by atoms with Crippen molar-refractivity contribution in [3.05, 3.63) is 28.2 Å². The number of aromatic nitrogens is 1. The lowest BCUT2D eigenvalue weighted by molar-refractivity contribution is -0.116. The van der Waals surface area contributed by atoms with E-state index in [0.717, 1.165) is 31.7 Å². The summed E-state index contributed by atoms with van der Waals surface area (Å²) >= 11 is 0. The van der Waals surface area contributed by atoms with E-state index in [-0.39, 0.29) is 18.0 Å². The zero-order chi connectivity index (χ0) is 15.0. The molecule has 0 saturated carbocycles. The number of pyridine rings is 1. The Labute approximate surface area is 124 Å². The standard InChI is InChI=1S/C15H22N4O2/c1-18(2)9-14(20)17-12-3-4-13-11-5-10(6-16-7-11)8-19(13)15(12)21/h3-4,10-11,16H,5-9H2,1-2H3,(H,17,20)/t10-,11-/m1/s1. The van der Waals surface area contributed by atoms with Crippen molar-refractivity contribution in [2.24, 2.45) is 5.92 Å². The van der Waals surface area contributed by atoms with Gasteiger partial charge in [-0.3, -0.25) is 9.59 Å². The number of amides is 1. The van der Waals surface area contributed by atoms with Crippen molar-refractivity contribution in [1.29, 1.82) is 0 Å². The van der Waals surface area contributed by atoms with E-state index in [4.69, 9.17) is 0 Å². The number of hydrogen-bond acceptors (Lipinski definition) is 4. The maximum absolute atomic E-state index is 12.6. The first kappa shape index (κ1) is 14.3. The van der Waals surface area contributed by atoms with Gasteiger partial charge in [-0.15, -0.1) is 0 Å². The topological polar surface area (TPSA) is 66.4 Å². The molecule has 6 nitrogen and oxygen atoms in total. The number of rotatable bonds is 3. The number of carbonyl (C=O) groups is 1. The van der Waals surface area contributed by atoms with Gasteiger partial charge in [-0.05, 0) is 45.1 Å². The third-order valence-corrected chi connectivity index (χ3v) is 4.24. The van der Waals surface area contributed by atoms with Gasteiger partial charge in [-0.1, -0.05) is 0 Å². The number of likely N-dealkylation sites (N-methyl/N-ethyl adjacent to an activating group) is 1. The molecule has 1 fully saturated rings. The van der Waals surface area contributed by atoms with Crippen molar-refractivity contribution < 1.29 is 4.79 Å². The molecule has 3 rings (SSSR count). The summed E-state index contributed by atoms with van der Waals surface area (Å²) in [6, 6.07) is 3.73. The highest BCUT2D eigenvalue weighted by Crippen LogP contribution is 2.31. The normalized spacial score (nSPS) is 23.8. The molecule has 1 amide bonds. The highest BCUT2D eigenvalue weighted by atomic mass is 16.2. The van der Waals surface area contributed by atoms with Gasteiger partial charge in [0.25, 0.3) is 5.56 Å². The Balaban J connectivity index is 1.87. The fourth-order valence-electron chi connectivity index (χ4n) is 3.36. The Hall–Kier alpha value is -1.66. The molecule has 2 aliphatic rings. The van der Waals surface area contributed by atoms with Crippen LogP contribution in [0.3, 0.4) is 0 Å². The van der Waals surface area contributed by atoms with Crippen LogP contribution in [0.25, 0.3) is 0 Å². The van der Waals surface area contributed by atoms with Crippen LogP contribution in [0.2, 0.25) is 0 Å². The molecule has 6 heteroatoms. The van der Waals surface area contributed by atoms with Gasteiger partial charge >= 0.3 is 0 Å². The zero-order valence-electron chi connectivity index (χ0n) is 12.6. The highest BCUT2D eigenvalue weighted by Gasteiger charge is 2.31. The maximum Gasteiger partial charge on any atom is 0.274 e. The maximum atomic E-state index is 12.6. The molecule has 1 aromatic rings. The average Bonchev–Trinajstić information content (AvgIpc) is 2.42. The second-order valence-corrected chi connectivity index (χ2v) is 6.33. The van der Waals surface area contributed by atoms with Crippen molar-refractivity contribution in [2.75, 3.05) is 39.0 Å². The van der Waals surface area contributed by atoms with E-state index < -0.39 is 0 Å². The van der Waals surface area contributed by atoms with E-state index in [2.05, 4.69) is 10.6 Å². The largest absolute Gasteiger partial charge is 0.320 e. The van der Waals surface area contributed by atoms with Crippen molar-refractivity contribution in [3.8, 4) is 0 Å². The minimum absolute atomic E-state index is 0.0730. The summed E-state index contributed by atoms with van der Waals surface area (Å²) in [7, 11) is 3.65. The van der Waals surface area contributed by atoms with E-state index in [1.165, 1.54) is 0 Å². The fourth-order valence-corrected chi connectivity index (χ4v) is 3.36. The number of carbonyl (C=O) groups excluding carboxylic acids is 1. The molecule has 2 aliphatic heterocycles. The lowest BCUT2D eigenvalue weighted by Gasteiger charge is -2.37. The first-order valence-electron chi connectivity index (χ1n) is 7.43. The number of hydrogen-bond donors (Lipinski definition) is 2. The van der Waals surface area contributed by atoms with E-state index in [1.54, 1.807) is 11.0 Å². The van der Waals surface area contributed by atoms with Crippen LogP contribution in [-0.2, 0) is 11.3 Å². The van der Waals surface area contributed by atoms with E-state index in [0.29, 0.717) is 17.5 Å². The van der Waals surface area contributed by atoms with Gasteiger partial charge in [-0.2, -0.15) is 0 Å². The van der Waals surface area contributed by atoms with Crippen LogP contribution in [0.5, 0.6) is 0 Å². The van der Waals surface area contributed by atoms with Crippen LogP contribution in [0.1, 0.15) is 18.0 Å². The average molecular weight is 290 g/mol. The number of fused-ring (bicyclic) bond motifs is 4. The molecule has 1 aromatic heterocycles. The lowest BCUT2D eigenvalue weighted by atomic mass is 9.84. The lowest BCUT2D eigenvalue weighted by Crippen LogP contribution is -2.45. The monoisotopic (exact) mass is 290 g/mol. The van der Waals surface area contributed by atoms with Crippen molar-refractivity contribution >= 4 is 11.6 Å². The van der Waals surface area contributed by atoms with Gasteiger partial charge in [0.2, 0.25) is 5.91 Å². The second-order valence-electron chi connectivity index (χ2n) is 6.33. The molecule has 0 unspecified atom stereocenters. The Morgan fingerprint density at radius 3 is 3.00 bits per heavy atom. The number of anilines is 1. The molecule has 0 radical (unpaired) electrons. The molecule has 2 N–H and O–H groups in total. The van der Waals surface area contributed by atoms with Gasteiger partial charge in [0, 0.05) is 24.7 Å². The van der Waals surface area contributed by atoms with Crippen LogP contribution in [0.15, 0.2) is 16.9 Å². The summed E-state index contributed by atoms with van der Waals surface area (Å²) in [6.45, 7) is 2.92. The molecular formula is C15H22N4O2. The summed E-state index contributed by atoms with van der Waals surface area (Å²) in [4.78, 5) is 26.2. The number of nitrogens with zero attached hydrogens (tertiary/aromatic N) is 2. The van der Waals surface area contributed by atoms with Crippen LogP contribution in [0, 0.1) is 5.92 Å². The fraction of sp³-hybridized carbons (Fsp3) is 0.600. The summed E-state index contributed by atoms with van der Waals surface area (Å²) in [5.74, 6) is 0.772. The van der Waals surface area contributed by atoms with Crippen molar-refractivity contribution in [2.45, 2.75) is 18.9 Å². The number of piperidine rings is 1. The van der Waals surface area contributed by atoms with Gasteiger partial charge in [0.05, 0.1) is 6.54 Å². The van der Waals surface area contributed by atoms with Crippen LogP contribution in [0.4, 0.5) is 5.69 Å². The Morgan fingerprint density at radius 2 is 2.24 bits per heavy atom. The minimum atomic E-state index is -0.157. The van der Waals surface area contributed by atoms with E-state index in [9.17, 15) is 9.59 Å². The van der Waals surface area contributed by atoms with E-state index in [1.807, 2.05) is 24.7 Å². The Bertz CT molecular complexity index is 608. The highest BCUT2D eigenvalue weighted by molar-refractivity contribution is 5.92. The van der Waals surface area contributed by atoms with E-state index >= 15 is 0 Å². The Morgan fingerprint density at radius 1 is 1.43 bits per heavy atom. The van der Waals surface area contributed by atoms with Crippen LogP contribution >= 0.6 is 0 Å². The molecule has 2 bridgehead atoms. The summed E-state index contributed by atoms with van der Waals surface area (Å²) < 4.78 is 1.85. The molecule has 0 aromatic carbocycles. The molecule has 114 valence electrons. The van der Waals surface area contributed by atoms with Crippen molar-refractivity contribution in [1.82, 2.24) is 14.8 Å². The third kappa shape index (κ3) is 2.87. The summed E-state index contributed by atoms with van der Waals surface area (Å²) in [5.41, 5.74) is 1.41. The van der Waals surface area contributed by atoms with Crippen LogP contribution in [-0.4, -0.2) is 49.1 Å². The first-order valence-corrected chi connectivity index (χ1v) is 7.43.